The molecule has 2 N–H and O–H groups in total. The van der Waals surface area contributed by atoms with Gasteiger partial charge >= 0.3 is 0 Å². The lowest BCUT2D eigenvalue weighted by Crippen LogP contribution is -2.48. The van der Waals surface area contributed by atoms with E-state index in [1.54, 1.807) is 0 Å². The van der Waals surface area contributed by atoms with Gasteiger partial charge in [-0.05, 0) is 46.7 Å². The van der Waals surface area contributed by atoms with Gasteiger partial charge in [-0.15, -0.1) is 0 Å². The minimum absolute atomic E-state index is 0.0801. The summed E-state index contributed by atoms with van der Waals surface area (Å²) in [6.45, 7) is 6.41. The van der Waals surface area contributed by atoms with Crippen molar-refractivity contribution in [3.63, 3.8) is 0 Å². The molecule has 0 aromatic carbocycles. The number of rotatable bonds is 7. The molecule has 1 saturated carbocycles. The highest BCUT2D eigenvalue weighted by Gasteiger charge is 2.22. The number of hydrogen-bond donors (Lipinski definition) is 2. The first-order chi connectivity index (χ1) is 7.42. The third kappa shape index (κ3) is 4.94. The van der Waals surface area contributed by atoms with E-state index in [2.05, 4.69) is 43.5 Å². The number of carbonyl (C=O) groups excluding carboxylic acids is 1. The van der Waals surface area contributed by atoms with Gasteiger partial charge in [-0.25, -0.2) is 0 Å². The van der Waals surface area contributed by atoms with Crippen LogP contribution in [0.1, 0.15) is 26.7 Å². The van der Waals surface area contributed by atoms with Crippen molar-refractivity contribution in [3.05, 3.63) is 0 Å². The van der Waals surface area contributed by atoms with Gasteiger partial charge in [0.25, 0.3) is 0 Å². The molecule has 0 aliphatic heterocycles. The molecule has 4 nitrogen and oxygen atoms in total. The summed E-state index contributed by atoms with van der Waals surface area (Å²) in [4.78, 5) is 13.6. The Morgan fingerprint density at radius 3 is 2.50 bits per heavy atom. The van der Waals surface area contributed by atoms with Gasteiger partial charge in [0.05, 0.1) is 6.54 Å². The highest BCUT2D eigenvalue weighted by atomic mass is 16.1. The Kier molecular flexibility index (Phi) is 4.74. The number of amides is 1. The molecule has 0 saturated heterocycles. The van der Waals surface area contributed by atoms with Gasteiger partial charge < -0.3 is 15.5 Å². The monoisotopic (exact) mass is 227 g/mol. The summed E-state index contributed by atoms with van der Waals surface area (Å²) in [6.07, 6.45) is 2.56. The first-order valence-electron chi connectivity index (χ1n) is 6.06. The molecule has 1 fully saturated rings. The van der Waals surface area contributed by atoms with Crippen molar-refractivity contribution in [3.8, 4) is 0 Å². The normalized spacial score (nSPS) is 16.6. The minimum atomic E-state index is 0.0801. The zero-order valence-electron chi connectivity index (χ0n) is 11.0. The van der Waals surface area contributed by atoms with Crippen molar-refractivity contribution in [2.45, 2.75) is 32.2 Å². The molecule has 1 aliphatic rings. The van der Waals surface area contributed by atoms with Crippen LogP contribution in [0.25, 0.3) is 0 Å². The van der Waals surface area contributed by atoms with E-state index in [0.29, 0.717) is 6.54 Å². The summed E-state index contributed by atoms with van der Waals surface area (Å²) < 4.78 is 0. The number of nitrogens with zero attached hydrogens (tertiary/aromatic N) is 1. The summed E-state index contributed by atoms with van der Waals surface area (Å²) in [5.41, 5.74) is 0.0801. The van der Waals surface area contributed by atoms with Crippen LogP contribution in [-0.2, 0) is 4.79 Å². The second kappa shape index (κ2) is 5.64. The smallest absolute Gasteiger partial charge is 0.233 e. The van der Waals surface area contributed by atoms with Crippen molar-refractivity contribution >= 4 is 5.91 Å². The number of likely N-dealkylation sites (N-methyl/N-ethyl adjacent to an activating group) is 1. The molecule has 4 heteroatoms. The lowest BCUT2D eigenvalue weighted by molar-refractivity contribution is -0.120. The lowest BCUT2D eigenvalue weighted by atomic mass is 10.0. The quantitative estimate of drug-likeness (QED) is 0.663. The fourth-order valence-electron chi connectivity index (χ4n) is 1.28. The van der Waals surface area contributed by atoms with Gasteiger partial charge in [0.1, 0.15) is 0 Å². The first kappa shape index (κ1) is 13.5. The fourth-order valence-corrected chi connectivity index (χ4v) is 1.28. The topological polar surface area (TPSA) is 44.4 Å². The third-order valence-electron chi connectivity index (χ3n) is 3.34. The molecule has 0 spiro atoms. The van der Waals surface area contributed by atoms with Gasteiger partial charge in [-0.2, -0.15) is 0 Å². The Morgan fingerprint density at radius 1 is 1.38 bits per heavy atom. The van der Waals surface area contributed by atoms with Crippen LogP contribution in [-0.4, -0.2) is 50.1 Å². The summed E-state index contributed by atoms with van der Waals surface area (Å²) in [5.74, 6) is 0.864. The van der Waals surface area contributed by atoms with Crippen molar-refractivity contribution in [2.24, 2.45) is 5.92 Å². The van der Waals surface area contributed by atoms with Gasteiger partial charge in [-0.3, -0.25) is 4.79 Å². The van der Waals surface area contributed by atoms with E-state index < -0.39 is 0 Å². The lowest BCUT2D eigenvalue weighted by Gasteiger charge is -2.32. The van der Waals surface area contributed by atoms with E-state index in [-0.39, 0.29) is 11.4 Å². The Labute approximate surface area is 98.8 Å². The fraction of sp³-hybridized carbons (Fsp3) is 0.917. The van der Waals surface area contributed by atoms with E-state index in [0.717, 1.165) is 19.0 Å². The molecule has 0 heterocycles. The maximum absolute atomic E-state index is 11.4. The van der Waals surface area contributed by atoms with Crippen LogP contribution < -0.4 is 10.6 Å². The van der Waals surface area contributed by atoms with Crippen LogP contribution in [0.5, 0.6) is 0 Å². The summed E-state index contributed by atoms with van der Waals surface area (Å²) in [5, 5.41) is 6.14. The van der Waals surface area contributed by atoms with Crippen LogP contribution >= 0.6 is 0 Å². The molecule has 16 heavy (non-hydrogen) atoms. The molecule has 1 aliphatic carbocycles. The average molecular weight is 227 g/mol. The van der Waals surface area contributed by atoms with Gasteiger partial charge in [0, 0.05) is 18.6 Å². The molecular formula is C12H25N3O. The molecule has 0 bridgehead atoms. The van der Waals surface area contributed by atoms with Crippen LogP contribution in [0.4, 0.5) is 0 Å². The van der Waals surface area contributed by atoms with Crippen LogP contribution in [0.15, 0.2) is 0 Å². The number of carbonyl (C=O) groups is 1. The van der Waals surface area contributed by atoms with Gasteiger partial charge in [0.2, 0.25) is 5.91 Å². The third-order valence-corrected chi connectivity index (χ3v) is 3.34. The van der Waals surface area contributed by atoms with E-state index in [4.69, 9.17) is 0 Å². The SMILES string of the molecule is CN(C)C(C)(C)CNCC(=O)NCC1CC1. The molecule has 0 aromatic heterocycles. The van der Waals surface area contributed by atoms with E-state index in [9.17, 15) is 4.79 Å². The van der Waals surface area contributed by atoms with Crippen molar-refractivity contribution < 1.29 is 4.79 Å². The Bertz CT molecular complexity index is 234. The van der Waals surface area contributed by atoms with Gasteiger partial charge in [-0.1, -0.05) is 0 Å². The Balaban J connectivity index is 2.06. The largest absolute Gasteiger partial charge is 0.355 e. The summed E-state index contributed by atoms with van der Waals surface area (Å²) in [7, 11) is 4.10. The van der Waals surface area contributed by atoms with Crippen LogP contribution in [0.3, 0.4) is 0 Å². The minimum Gasteiger partial charge on any atom is -0.355 e. The highest BCUT2D eigenvalue weighted by Crippen LogP contribution is 2.27. The second-order valence-electron chi connectivity index (χ2n) is 5.56. The second-order valence-corrected chi connectivity index (χ2v) is 5.56. The van der Waals surface area contributed by atoms with Gasteiger partial charge in [0.15, 0.2) is 0 Å². The number of hydrogen-bond acceptors (Lipinski definition) is 3. The zero-order valence-corrected chi connectivity index (χ0v) is 11.0. The highest BCUT2D eigenvalue weighted by molar-refractivity contribution is 5.77. The van der Waals surface area contributed by atoms with Crippen molar-refractivity contribution in [1.82, 2.24) is 15.5 Å². The van der Waals surface area contributed by atoms with E-state index >= 15 is 0 Å². The van der Waals surface area contributed by atoms with E-state index in [1.165, 1.54) is 12.8 Å². The summed E-state index contributed by atoms with van der Waals surface area (Å²) in [6, 6.07) is 0. The Hall–Kier alpha value is -0.610. The zero-order chi connectivity index (χ0) is 12.2. The molecule has 1 amide bonds. The average Bonchev–Trinajstić information content (AvgIpc) is 2.97. The molecule has 0 atom stereocenters. The molecule has 94 valence electrons. The predicted molar refractivity (Wildman–Crippen MR) is 66.4 cm³/mol. The molecular weight excluding hydrogens is 202 g/mol. The standard InChI is InChI=1S/C12H25N3O/c1-12(2,15(3)4)9-13-8-11(16)14-7-10-5-6-10/h10,13H,5-9H2,1-4H3,(H,14,16). The maximum atomic E-state index is 11.4. The molecule has 0 radical (unpaired) electrons. The Morgan fingerprint density at radius 2 is 2.00 bits per heavy atom. The number of nitrogens with one attached hydrogen (secondary N) is 2. The first-order valence-corrected chi connectivity index (χ1v) is 6.06. The molecule has 0 unspecified atom stereocenters. The van der Waals surface area contributed by atoms with Crippen LogP contribution in [0.2, 0.25) is 0 Å². The van der Waals surface area contributed by atoms with E-state index in [1.807, 2.05) is 0 Å². The van der Waals surface area contributed by atoms with Crippen molar-refractivity contribution in [2.75, 3.05) is 33.7 Å². The summed E-state index contributed by atoms with van der Waals surface area (Å²) >= 11 is 0. The predicted octanol–water partition coefficient (Wildman–Crippen LogP) is 0.442. The maximum Gasteiger partial charge on any atom is 0.233 e. The molecule has 1 rings (SSSR count). The molecule has 0 aromatic rings. The van der Waals surface area contributed by atoms with Crippen molar-refractivity contribution in [1.29, 1.82) is 0 Å². The van der Waals surface area contributed by atoms with Crippen LogP contribution in [0, 0.1) is 5.92 Å².